The summed E-state index contributed by atoms with van der Waals surface area (Å²) in [6.45, 7) is 7.68. The molecule has 2 atom stereocenters. The number of carboxylic acids is 1. The van der Waals surface area contributed by atoms with Crippen molar-refractivity contribution in [3.63, 3.8) is 0 Å². The van der Waals surface area contributed by atoms with Gasteiger partial charge < -0.3 is 25.1 Å². The molecule has 0 aromatic heterocycles. The zero-order valence-electron chi connectivity index (χ0n) is 34.5. The average Bonchev–Trinajstić information content (AvgIpc) is 4.11. The zero-order chi connectivity index (χ0) is 42.6. The normalized spacial score (nSPS) is 18.4. The molecule has 0 unspecified atom stereocenters. The van der Waals surface area contributed by atoms with Crippen molar-refractivity contribution in [2.24, 2.45) is 21.8 Å². The van der Waals surface area contributed by atoms with Crippen molar-refractivity contribution in [1.29, 1.82) is 0 Å². The monoisotopic (exact) mass is 914 g/mol. The summed E-state index contributed by atoms with van der Waals surface area (Å²) in [6.07, 6.45) is 4.12. The van der Waals surface area contributed by atoms with E-state index in [2.05, 4.69) is 0 Å². The van der Waals surface area contributed by atoms with Gasteiger partial charge in [-0.25, -0.2) is 9.59 Å². The van der Waals surface area contributed by atoms with E-state index in [-0.39, 0.29) is 70.5 Å². The SMILES string of the molecule is CC1(C)N=C(c2cc(Cl)cc(Cl)c2)C(=O)N1[C@@H](c1ccc(C(=O)O)cc1)C1CC1.COC(=O)c1ccc([C@@H](C2CC2)N2C(=O)C(c3cc(Cl)cc(Cl)c3)=NC2(C)C)cc1.[Na+].[OH-]. The molecule has 0 spiro atoms. The summed E-state index contributed by atoms with van der Waals surface area (Å²) in [5.74, 6) is -0.993. The maximum Gasteiger partial charge on any atom is 1.00 e. The van der Waals surface area contributed by atoms with Crippen LogP contribution < -0.4 is 29.6 Å². The number of halogens is 4. The van der Waals surface area contributed by atoms with Crippen molar-refractivity contribution in [3.8, 4) is 0 Å². The molecule has 314 valence electrons. The minimum Gasteiger partial charge on any atom is -0.870 e. The van der Waals surface area contributed by atoms with Gasteiger partial charge in [0.05, 0.1) is 30.3 Å². The van der Waals surface area contributed by atoms with Gasteiger partial charge in [-0.15, -0.1) is 0 Å². The molecule has 2 aliphatic heterocycles. The number of methoxy groups -OCH3 is 1. The third-order valence-electron chi connectivity index (χ3n) is 10.9. The summed E-state index contributed by atoms with van der Waals surface area (Å²) in [5, 5.41) is 11.0. The number of benzene rings is 4. The molecule has 4 aliphatic rings. The molecule has 0 bridgehead atoms. The first-order valence-electron chi connectivity index (χ1n) is 19.2. The summed E-state index contributed by atoms with van der Waals surface area (Å²) in [5.41, 5.74) is 3.03. The molecular formula is C45H43Cl4N4NaO7. The molecule has 4 aromatic rings. The number of esters is 1. The van der Waals surface area contributed by atoms with Gasteiger partial charge in [0.25, 0.3) is 11.8 Å². The van der Waals surface area contributed by atoms with Crippen molar-refractivity contribution >= 4 is 81.6 Å². The van der Waals surface area contributed by atoms with E-state index in [1.54, 1.807) is 72.8 Å². The fourth-order valence-electron chi connectivity index (χ4n) is 8.01. The smallest absolute Gasteiger partial charge is 0.870 e. The van der Waals surface area contributed by atoms with E-state index in [1.807, 2.05) is 49.6 Å². The Bertz CT molecular complexity index is 2380. The molecule has 2 heterocycles. The quantitative estimate of drug-likeness (QED) is 0.129. The van der Waals surface area contributed by atoms with E-state index in [0.29, 0.717) is 60.0 Å². The fraction of sp³-hybridized carbons (Fsp3) is 0.333. The molecule has 16 heteroatoms. The van der Waals surface area contributed by atoms with Gasteiger partial charge >= 0.3 is 41.5 Å². The van der Waals surface area contributed by atoms with Crippen LogP contribution in [0.4, 0.5) is 0 Å². The number of amides is 2. The van der Waals surface area contributed by atoms with Crippen LogP contribution in [0.3, 0.4) is 0 Å². The Morgan fingerprint density at radius 1 is 0.639 bits per heavy atom. The molecule has 11 nitrogen and oxygen atoms in total. The standard InChI is InChI=1S/C23H22Cl2N2O3.C22H20Cl2N2O3.Na.H2O/c1-23(2)26-19(16-10-17(24)12-18(25)11-16)21(28)27(23)20(13-4-5-13)14-6-8-15(9-7-14)22(29)30-3;1-22(2)25-18(15-9-16(23)11-17(24)10-15)20(27)26(22)19(12-3-4-12)13-5-7-14(8-6-13)21(28)29;;/h6-13,20H,4-5H2,1-3H3;5-12,19H,3-4H2,1-2H3,(H,28,29);;1H2/q;;+1;/p-1/t20-;19-;;/m11../s1. The summed E-state index contributed by atoms with van der Waals surface area (Å²) < 4.78 is 4.79. The number of ether oxygens (including phenoxy) is 1. The van der Waals surface area contributed by atoms with E-state index >= 15 is 0 Å². The maximum absolute atomic E-state index is 13.5. The number of carboxylic acid groups (broad SMARTS) is 1. The van der Waals surface area contributed by atoms with Crippen LogP contribution in [-0.4, -0.2) is 74.0 Å². The van der Waals surface area contributed by atoms with Gasteiger partial charge in [0, 0.05) is 31.2 Å². The number of carbonyl (C=O) groups excluding carboxylic acids is 3. The summed E-state index contributed by atoms with van der Waals surface area (Å²) in [7, 11) is 1.36. The molecule has 2 saturated carbocycles. The van der Waals surface area contributed by atoms with E-state index in [1.165, 1.54) is 7.11 Å². The number of nitrogens with zero attached hydrogens (tertiary/aromatic N) is 4. The molecular weight excluding hydrogens is 873 g/mol. The number of hydrogen-bond donors (Lipinski definition) is 1. The topological polar surface area (TPSA) is 159 Å². The van der Waals surface area contributed by atoms with Crippen LogP contribution in [0.15, 0.2) is 94.9 Å². The van der Waals surface area contributed by atoms with Crippen LogP contribution in [0, 0.1) is 11.8 Å². The van der Waals surface area contributed by atoms with Crippen LogP contribution in [0.1, 0.15) is 108 Å². The molecule has 0 radical (unpaired) electrons. The number of hydrogen-bond acceptors (Lipinski definition) is 8. The molecule has 4 aromatic carbocycles. The van der Waals surface area contributed by atoms with Gasteiger partial charge in [-0.2, -0.15) is 0 Å². The van der Waals surface area contributed by atoms with Gasteiger partial charge in [0.2, 0.25) is 0 Å². The first kappa shape index (κ1) is 48.3. The van der Waals surface area contributed by atoms with Crippen LogP contribution in [0.25, 0.3) is 0 Å². The summed E-state index contributed by atoms with van der Waals surface area (Å²) in [4.78, 5) is 63.1. The molecule has 0 saturated heterocycles. The maximum atomic E-state index is 13.5. The predicted octanol–water partition coefficient (Wildman–Crippen LogP) is 7.34. The van der Waals surface area contributed by atoms with E-state index in [9.17, 15) is 24.3 Å². The van der Waals surface area contributed by atoms with E-state index < -0.39 is 17.3 Å². The van der Waals surface area contributed by atoms with Crippen molar-refractivity contribution in [2.45, 2.75) is 76.8 Å². The van der Waals surface area contributed by atoms with Crippen LogP contribution in [0.5, 0.6) is 0 Å². The molecule has 2 fully saturated rings. The minimum atomic E-state index is -0.972. The van der Waals surface area contributed by atoms with Crippen molar-refractivity contribution < 1.29 is 64.1 Å². The van der Waals surface area contributed by atoms with E-state index in [0.717, 1.165) is 36.8 Å². The largest absolute Gasteiger partial charge is 1.00 e. The van der Waals surface area contributed by atoms with Crippen LogP contribution in [-0.2, 0) is 14.3 Å². The Balaban J connectivity index is 0.000000224. The average molecular weight is 917 g/mol. The third-order valence-corrected chi connectivity index (χ3v) is 11.8. The van der Waals surface area contributed by atoms with Crippen molar-refractivity contribution in [1.82, 2.24) is 9.80 Å². The molecule has 61 heavy (non-hydrogen) atoms. The number of rotatable bonds is 10. The van der Waals surface area contributed by atoms with Crippen LogP contribution in [0.2, 0.25) is 20.1 Å². The predicted molar refractivity (Wildman–Crippen MR) is 232 cm³/mol. The second-order valence-electron chi connectivity index (χ2n) is 16.2. The Labute approximate surface area is 396 Å². The molecule has 2 aliphatic carbocycles. The van der Waals surface area contributed by atoms with Crippen molar-refractivity contribution in [3.05, 3.63) is 138 Å². The Morgan fingerprint density at radius 2 is 0.967 bits per heavy atom. The van der Waals surface area contributed by atoms with Gasteiger partial charge in [-0.3, -0.25) is 19.6 Å². The number of aliphatic imine (C=N–C) groups is 2. The van der Waals surface area contributed by atoms with Gasteiger partial charge in [-0.1, -0.05) is 70.7 Å². The Hall–Kier alpha value is -3.78. The first-order valence-corrected chi connectivity index (χ1v) is 20.7. The summed E-state index contributed by atoms with van der Waals surface area (Å²) >= 11 is 24.6. The zero-order valence-corrected chi connectivity index (χ0v) is 39.5. The fourth-order valence-corrected chi connectivity index (χ4v) is 9.06. The molecule has 8 rings (SSSR count). The molecule has 2 amide bonds. The molecule has 2 N–H and O–H groups in total. The Morgan fingerprint density at radius 3 is 1.26 bits per heavy atom. The van der Waals surface area contributed by atoms with E-state index in [4.69, 9.17) is 61.1 Å². The van der Waals surface area contributed by atoms with Gasteiger partial charge in [-0.05, 0) is 137 Å². The second-order valence-corrected chi connectivity index (χ2v) is 17.9. The minimum absolute atomic E-state index is 0. The first-order chi connectivity index (χ1) is 27.9. The second kappa shape index (κ2) is 18.9. The van der Waals surface area contributed by atoms with Crippen molar-refractivity contribution in [2.75, 3.05) is 7.11 Å². The van der Waals surface area contributed by atoms with Crippen LogP contribution >= 0.6 is 46.4 Å². The van der Waals surface area contributed by atoms with Gasteiger partial charge in [0.15, 0.2) is 0 Å². The Kier molecular flexibility index (Phi) is 15.0. The third kappa shape index (κ3) is 10.4. The number of aromatic carboxylic acids is 1. The van der Waals surface area contributed by atoms with Gasteiger partial charge in [0.1, 0.15) is 22.7 Å². The summed E-state index contributed by atoms with van der Waals surface area (Å²) in [6, 6.07) is 23.8. The number of carbonyl (C=O) groups is 4.